The van der Waals surface area contributed by atoms with E-state index in [1.807, 2.05) is 36.1 Å². The number of hydrogen-bond donors (Lipinski definition) is 1. The highest BCUT2D eigenvalue weighted by molar-refractivity contribution is 5.80. The maximum Gasteiger partial charge on any atom is 0.403 e. The first-order valence-electron chi connectivity index (χ1n) is 9.55. The van der Waals surface area contributed by atoms with Crippen molar-refractivity contribution < 1.29 is 17.6 Å². The third-order valence-electron chi connectivity index (χ3n) is 5.12. The summed E-state index contributed by atoms with van der Waals surface area (Å²) in [6.07, 6.45) is -2.61. The number of guanidine groups is 1. The van der Waals surface area contributed by atoms with E-state index < -0.39 is 12.2 Å². The smallest absolute Gasteiger partial charge is 0.403 e. The second-order valence-corrected chi connectivity index (χ2v) is 7.15. The molecule has 0 saturated carbocycles. The Morgan fingerprint density at radius 1 is 1.21 bits per heavy atom. The number of alkyl halides is 3. The summed E-state index contributed by atoms with van der Waals surface area (Å²) >= 11 is 0. The Balaban J connectivity index is 1.53. The van der Waals surface area contributed by atoms with Crippen LogP contribution in [0, 0.1) is 6.92 Å². The summed E-state index contributed by atoms with van der Waals surface area (Å²) in [6.45, 7) is 5.27. The molecule has 1 aromatic heterocycles. The first-order chi connectivity index (χ1) is 13.8. The third kappa shape index (κ3) is 5.29. The molecule has 29 heavy (non-hydrogen) atoms. The van der Waals surface area contributed by atoms with Crippen LogP contribution in [0.15, 0.2) is 39.9 Å². The van der Waals surface area contributed by atoms with Gasteiger partial charge in [0.15, 0.2) is 5.96 Å². The van der Waals surface area contributed by atoms with E-state index in [2.05, 4.69) is 15.3 Å². The van der Waals surface area contributed by atoms with Gasteiger partial charge < -0.3 is 14.6 Å². The lowest BCUT2D eigenvalue weighted by atomic mass is 10.1. The molecular formula is C20H26F3N5O. The molecule has 0 spiro atoms. The molecule has 1 aliphatic rings. The molecule has 158 valence electrons. The van der Waals surface area contributed by atoms with Crippen molar-refractivity contribution in [3.8, 4) is 11.5 Å². The highest BCUT2D eigenvalue weighted by Crippen LogP contribution is 2.25. The Bertz CT molecular complexity index is 823. The molecule has 1 atom stereocenters. The van der Waals surface area contributed by atoms with Gasteiger partial charge in [0.05, 0.1) is 12.2 Å². The van der Waals surface area contributed by atoms with Crippen LogP contribution in [0.5, 0.6) is 0 Å². The molecule has 0 aliphatic carbocycles. The van der Waals surface area contributed by atoms with Crippen LogP contribution in [0.25, 0.3) is 11.5 Å². The summed E-state index contributed by atoms with van der Waals surface area (Å²) in [4.78, 5) is 12.2. The van der Waals surface area contributed by atoms with Crippen LogP contribution in [0.2, 0.25) is 0 Å². The molecular weight excluding hydrogens is 383 g/mol. The number of rotatable bonds is 4. The van der Waals surface area contributed by atoms with Gasteiger partial charge in [-0.2, -0.15) is 13.2 Å². The van der Waals surface area contributed by atoms with E-state index in [0.29, 0.717) is 44.6 Å². The second kappa shape index (κ2) is 8.86. The largest absolute Gasteiger partial charge is 0.444 e. The average molecular weight is 409 g/mol. The molecule has 1 aromatic carbocycles. The summed E-state index contributed by atoms with van der Waals surface area (Å²) in [5.74, 6) is 1.19. The van der Waals surface area contributed by atoms with Gasteiger partial charge in [-0.15, -0.1) is 0 Å². The first kappa shape index (κ1) is 21.2. The predicted molar refractivity (Wildman–Crippen MR) is 106 cm³/mol. The lowest BCUT2D eigenvalue weighted by Crippen LogP contribution is -2.56. The topological polar surface area (TPSA) is 56.9 Å². The number of aromatic nitrogens is 1. The van der Waals surface area contributed by atoms with Crippen molar-refractivity contribution in [1.82, 2.24) is 20.1 Å². The molecule has 6 nitrogen and oxygen atoms in total. The number of benzene rings is 1. The van der Waals surface area contributed by atoms with Crippen molar-refractivity contribution in [3.63, 3.8) is 0 Å². The highest BCUT2D eigenvalue weighted by atomic mass is 19.4. The second-order valence-electron chi connectivity index (χ2n) is 7.15. The minimum Gasteiger partial charge on any atom is -0.444 e. The maximum atomic E-state index is 12.9. The van der Waals surface area contributed by atoms with E-state index >= 15 is 0 Å². The number of aliphatic imine (C=N–C) groups is 1. The molecule has 0 bridgehead atoms. The van der Waals surface area contributed by atoms with Crippen LogP contribution >= 0.6 is 0 Å². The zero-order chi connectivity index (χ0) is 21.0. The van der Waals surface area contributed by atoms with Crippen molar-refractivity contribution in [2.45, 2.75) is 32.6 Å². The Kier molecular flexibility index (Phi) is 6.46. The van der Waals surface area contributed by atoms with Crippen LogP contribution in [0.4, 0.5) is 13.2 Å². The van der Waals surface area contributed by atoms with Gasteiger partial charge in [-0.3, -0.25) is 9.89 Å². The minimum atomic E-state index is -4.20. The van der Waals surface area contributed by atoms with E-state index in [-0.39, 0.29) is 0 Å². The van der Waals surface area contributed by atoms with Gasteiger partial charge in [0.2, 0.25) is 5.89 Å². The maximum absolute atomic E-state index is 12.9. The van der Waals surface area contributed by atoms with E-state index in [9.17, 15) is 13.2 Å². The Morgan fingerprint density at radius 3 is 2.45 bits per heavy atom. The lowest BCUT2D eigenvalue weighted by Gasteiger charge is -2.39. The van der Waals surface area contributed by atoms with E-state index in [4.69, 9.17) is 4.42 Å². The summed E-state index contributed by atoms with van der Waals surface area (Å²) in [5, 5.41) is 3.22. The van der Waals surface area contributed by atoms with Gasteiger partial charge in [-0.1, -0.05) is 17.7 Å². The quantitative estimate of drug-likeness (QED) is 0.620. The third-order valence-corrected chi connectivity index (χ3v) is 5.12. The number of halogens is 3. The van der Waals surface area contributed by atoms with E-state index in [1.54, 1.807) is 13.3 Å². The van der Waals surface area contributed by atoms with Gasteiger partial charge >= 0.3 is 6.18 Å². The van der Waals surface area contributed by atoms with Gasteiger partial charge in [0.25, 0.3) is 0 Å². The number of aryl methyl sites for hydroxylation is 1. The van der Waals surface area contributed by atoms with Crippen molar-refractivity contribution >= 4 is 5.96 Å². The Morgan fingerprint density at radius 2 is 1.86 bits per heavy atom. The average Bonchev–Trinajstić information content (AvgIpc) is 3.17. The number of hydrogen-bond acceptors (Lipinski definition) is 4. The fraction of sp³-hybridized carbons (Fsp3) is 0.500. The number of piperazine rings is 1. The monoisotopic (exact) mass is 409 g/mol. The summed E-state index contributed by atoms with van der Waals surface area (Å²) < 4.78 is 44.3. The fourth-order valence-corrected chi connectivity index (χ4v) is 3.25. The molecule has 1 unspecified atom stereocenters. The molecule has 2 heterocycles. The van der Waals surface area contributed by atoms with Crippen LogP contribution in [0.1, 0.15) is 18.2 Å². The normalized spacial score (nSPS) is 17.4. The van der Waals surface area contributed by atoms with E-state index in [0.717, 1.165) is 16.8 Å². The minimum absolute atomic E-state index is 0.336. The predicted octanol–water partition coefficient (Wildman–Crippen LogP) is 3.29. The van der Waals surface area contributed by atoms with Crippen LogP contribution in [0.3, 0.4) is 0 Å². The highest BCUT2D eigenvalue weighted by Gasteiger charge is 2.41. The SMILES string of the molecule is CN=C(NCc1coc(-c2ccc(C)cc2)n1)N1CCN(C(C)C(F)(F)F)CC1. The van der Waals surface area contributed by atoms with Gasteiger partial charge in [0, 0.05) is 38.8 Å². The van der Waals surface area contributed by atoms with Gasteiger partial charge in [-0.25, -0.2) is 4.98 Å². The molecule has 1 fully saturated rings. The Hall–Kier alpha value is -2.55. The van der Waals surface area contributed by atoms with Crippen molar-refractivity contribution in [2.24, 2.45) is 4.99 Å². The zero-order valence-corrected chi connectivity index (χ0v) is 16.8. The summed E-state index contributed by atoms with van der Waals surface area (Å²) in [7, 11) is 1.66. The molecule has 1 aliphatic heterocycles. The van der Waals surface area contributed by atoms with Gasteiger partial charge in [-0.05, 0) is 26.0 Å². The van der Waals surface area contributed by atoms with Gasteiger partial charge in [0.1, 0.15) is 12.3 Å². The molecule has 9 heteroatoms. The molecule has 1 N–H and O–H groups in total. The first-order valence-corrected chi connectivity index (χ1v) is 9.55. The number of nitrogens with one attached hydrogen (secondary N) is 1. The van der Waals surface area contributed by atoms with Crippen LogP contribution in [-0.2, 0) is 6.54 Å². The van der Waals surface area contributed by atoms with Crippen LogP contribution in [-0.4, -0.2) is 66.2 Å². The van der Waals surface area contributed by atoms with Crippen LogP contribution < -0.4 is 5.32 Å². The summed E-state index contributed by atoms with van der Waals surface area (Å²) in [6, 6.07) is 6.48. The summed E-state index contributed by atoms with van der Waals surface area (Å²) in [5.41, 5.74) is 2.79. The molecule has 2 aromatic rings. The fourth-order valence-electron chi connectivity index (χ4n) is 3.25. The molecule has 3 rings (SSSR count). The number of oxazole rings is 1. The molecule has 0 radical (unpaired) electrons. The van der Waals surface area contributed by atoms with Crippen molar-refractivity contribution in [2.75, 3.05) is 33.2 Å². The van der Waals surface area contributed by atoms with Crippen molar-refractivity contribution in [3.05, 3.63) is 41.8 Å². The standard InChI is InChI=1S/C20H26F3N5O/c1-14-4-6-16(7-5-14)18-26-17(13-29-18)12-25-19(24-3)28-10-8-27(9-11-28)15(2)20(21,22)23/h4-7,13,15H,8-12H2,1-3H3,(H,24,25). The Labute approximate surface area is 168 Å². The lowest BCUT2D eigenvalue weighted by molar-refractivity contribution is -0.181. The molecule has 1 saturated heterocycles. The molecule has 0 amide bonds. The van der Waals surface area contributed by atoms with Crippen molar-refractivity contribution in [1.29, 1.82) is 0 Å². The number of nitrogens with zero attached hydrogens (tertiary/aromatic N) is 4. The zero-order valence-electron chi connectivity index (χ0n) is 16.8. The van der Waals surface area contributed by atoms with E-state index in [1.165, 1.54) is 11.8 Å².